The summed E-state index contributed by atoms with van der Waals surface area (Å²) in [5.74, 6) is -5.32. The lowest BCUT2D eigenvalue weighted by atomic mass is 10.1. The molecule has 0 aromatic heterocycles. The summed E-state index contributed by atoms with van der Waals surface area (Å²) in [5, 5.41) is 17.2. The lowest BCUT2D eigenvalue weighted by Crippen LogP contribution is -2.19. The highest BCUT2D eigenvalue weighted by Gasteiger charge is 2.29. The first kappa shape index (κ1) is 13.8. The van der Waals surface area contributed by atoms with E-state index < -0.39 is 43.9 Å². The molecule has 0 amide bonds. The van der Waals surface area contributed by atoms with Crippen LogP contribution in [0.3, 0.4) is 0 Å². The Morgan fingerprint density at radius 3 is 1.89 bits per heavy atom. The van der Waals surface area contributed by atoms with Gasteiger partial charge >= 0.3 is 11.9 Å². The van der Waals surface area contributed by atoms with Crippen LogP contribution >= 0.6 is 0 Å². The highest BCUT2D eigenvalue weighted by atomic mass is 32.2. The number of carbonyl (C=O) groups is 3. The summed E-state index contributed by atoms with van der Waals surface area (Å²) in [6.07, 6.45) is 0. The Morgan fingerprint density at radius 2 is 1.50 bits per heavy atom. The van der Waals surface area contributed by atoms with Crippen molar-refractivity contribution in [2.24, 2.45) is 0 Å². The molecule has 3 N–H and O–H groups in total. The average molecular weight is 274 g/mol. The van der Waals surface area contributed by atoms with E-state index in [-0.39, 0.29) is 0 Å². The van der Waals surface area contributed by atoms with Crippen molar-refractivity contribution >= 4 is 27.8 Å². The van der Waals surface area contributed by atoms with Crippen LogP contribution in [0.4, 0.5) is 0 Å². The minimum absolute atomic E-state index is 0.798. The Balaban J connectivity index is 3.75. The molecule has 0 unspecified atom stereocenters. The summed E-state index contributed by atoms with van der Waals surface area (Å²) in [4.78, 5) is 31.3. The van der Waals surface area contributed by atoms with E-state index in [2.05, 4.69) is 0 Å². The monoisotopic (exact) mass is 274 g/mol. The van der Waals surface area contributed by atoms with Crippen LogP contribution in [-0.2, 0) is 14.9 Å². The van der Waals surface area contributed by atoms with Gasteiger partial charge in [0, 0.05) is 0 Å². The number of hydrogen-bond donors (Lipinski definition) is 3. The van der Waals surface area contributed by atoms with E-state index in [1.807, 2.05) is 0 Å². The van der Waals surface area contributed by atoms with Crippen LogP contribution < -0.4 is 0 Å². The lowest BCUT2D eigenvalue weighted by Gasteiger charge is -2.07. The molecule has 96 valence electrons. The third kappa shape index (κ3) is 2.52. The fourth-order valence-corrected chi connectivity index (χ4v) is 2.15. The van der Waals surface area contributed by atoms with Gasteiger partial charge in [-0.05, 0) is 12.1 Å². The second-order valence-corrected chi connectivity index (χ2v) is 4.46. The van der Waals surface area contributed by atoms with E-state index in [1.54, 1.807) is 0 Å². The van der Waals surface area contributed by atoms with E-state index in [4.69, 9.17) is 14.8 Å². The highest BCUT2D eigenvalue weighted by Crippen LogP contribution is 2.21. The zero-order chi connectivity index (χ0) is 14.1. The summed E-state index contributed by atoms with van der Waals surface area (Å²) < 4.78 is 31.0. The third-order valence-electron chi connectivity index (χ3n) is 1.94. The Bertz CT molecular complexity index is 643. The number of aromatic carboxylic acids is 1. The molecule has 0 saturated heterocycles. The summed E-state index contributed by atoms with van der Waals surface area (Å²) in [7, 11) is -5.05. The second kappa shape index (κ2) is 4.55. The van der Waals surface area contributed by atoms with Crippen LogP contribution in [0, 0.1) is 0 Å². The van der Waals surface area contributed by atoms with Gasteiger partial charge in [0.2, 0.25) is 0 Å². The van der Waals surface area contributed by atoms with Gasteiger partial charge < -0.3 is 10.2 Å². The van der Waals surface area contributed by atoms with Crippen LogP contribution in [0.25, 0.3) is 0 Å². The van der Waals surface area contributed by atoms with Crippen LogP contribution in [-0.4, -0.2) is 40.9 Å². The zero-order valence-electron chi connectivity index (χ0n) is 8.52. The van der Waals surface area contributed by atoms with Crippen molar-refractivity contribution in [2.75, 3.05) is 0 Å². The lowest BCUT2D eigenvalue weighted by molar-refractivity contribution is -0.131. The van der Waals surface area contributed by atoms with Crippen molar-refractivity contribution in [1.82, 2.24) is 0 Å². The van der Waals surface area contributed by atoms with Gasteiger partial charge in [-0.2, -0.15) is 8.42 Å². The van der Waals surface area contributed by atoms with Crippen molar-refractivity contribution in [3.05, 3.63) is 29.3 Å². The number of ketones is 1. The molecule has 9 heteroatoms. The molecule has 0 aliphatic carbocycles. The van der Waals surface area contributed by atoms with Crippen molar-refractivity contribution < 1.29 is 37.6 Å². The molecular formula is C9H6O8S. The fraction of sp³-hybridized carbons (Fsp3) is 0. The number of carboxylic acid groups (broad SMARTS) is 2. The Morgan fingerprint density at radius 1 is 1.00 bits per heavy atom. The first-order valence-electron chi connectivity index (χ1n) is 4.27. The quantitative estimate of drug-likeness (QED) is 0.392. The molecule has 0 spiro atoms. The third-order valence-corrected chi connectivity index (χ3v) is 2.90. The van der Waals surface area contributed by atoms with E-state index in [0.29, 0.717) is 0 Å². The number of benzene rings is 1. The topological polar surface area (TPSA) is 146 Å². The highest BCUT2D eigenvalue weighted by molar-refractivity contribution is 7.86. The van der Waals surface area contributed by atoms with Gasteiger partial charge in [-0.1, -0.05) is 6.07 Å². The van der Waals surface area contributed by atoms with Crippen molar-refractivity contribution in [3.63, 3.8) is 0 Å². The van der Waals surface area contributed by atoms with Crippen molar-refractivity contribution in [1.29, 1.82) is 0 Å². The van der Waals surface area contributed by atoms with Crippen LogP contribution in [0.2, 0.25) is 0 Å². The fourth-order valence-electron chi connectivity index (χ4n) is 1.28. The standard InChI is InChI=1S/C9H6O8S/c10-6(9(13)14)4-2-1-3-5(8(11)12)7(4)18(15,16)17/h1-3H,(H,11,12)(H,13,14)(H,15,16,17). The van der Waals surface area contributed by atoms with Crippen LogP contribution in [0.1, 0.15) is 20.7 Å². The number of hydrogen-bond acceptors (Lipinski definition) is 5. The molecule has 8 nitrogen and oxygen atoms in total. The van der Waals surface area contributed by atoms with Crippen LogP contribution in [0.5, 0.6) is 0 Å². The Hall–Kier alpha value is -2.26. The van der Waals surface area contributed by atoms with Gasteiger partial charge in [-0.3, -0.25) is 9.35 Å². The zero-order valence-corrected chi connectivity index (χ0v) is 9.34. The maximum absolute atomic E-state index is 11.2. The number of carboxylic acids is 2. The molecule has 1 rings (SSSR count). The molecule has 0 radical (unpaired) electrons. The van der Waals surface area contributed by atoms with Crippen LogP contribution in [0.15, 0.2) is 23.1 Å². The summed E-state index contributed by atoms with van der Waals surface area (Å²) in [5.41, 5.74) is -1.80. The Labute approximate surface area is 100 Å². The molecule has 1 aromatic rings. The molecule has 0 aliphatic heterocycles. The largest absolute Gasteiger partial charge is 0.478 e. The molecule has 0 bridgehead atoms. The maximum Gasteiger partial charge on any atom is 0.377 e. The molecule has 0 atom stereocenters. The van der Waals surface area contributed by atoms with E-state index in [9.17, 15) is 22.8 Å². The van der Waals surface area contributed by atoms with Crippen molar-refractivity contribution in [3.8, 4) is 0 Å². The molecule has 0 saturated carbocycles. The van der Waals surface area contributed by atoms with Gasteiger partial charge in [0.1, 0.15) is 4.90 Å². The minimum atomic E-state index is -5.05. The molecule has 0 heterocycles. The molecule has 1 aromatic carbocycles. The second-order valence-electron chi connectivity index (χ2n) is 3.10. The molecule has 0 aliphatic rings. The van der Waals surface area contributed by atoms with E-state index in [1.165, 1.54) is 0 Å². The predicted octanol–water partition coefficient (Wildman–Crippen LogP) is -0.101. The smallest absolute Gasteiger partial charge is 0.377 e. The first-order chi connectivity index (χ1) is 8.16. The SMILES string of the molecule is O=C(O)C(=O)c1cccc(C(=O)O)c1S(=O)(=O)O. The van der Waals surface area contributed by atoms with Gasteiger partial charge in [0.15, 0.2) is 0 Å². The number of rotatable bonds is 4. The Kier molecular flexibility index (Phi) is 3.49. The molecular weight excluding hydrogens is 268 g/mol. The normalized spacial score (nSPS) is 10.9. The van der Waals surface area contributed by atoms with Gasteiger partial charge in [0.05, 0.1) is 11.1 Å². The predicted molar refractivity (Wildman–Crippen MR) is 55.2 cm³/mol. The first-order valence-corrected chi connectivity index (χ1v) is 5.71. The van der Waals surface area contributed by atoms with E-state index in [0.717, 1.165) is 18.2 Å². The van der Waals surface area contributed by atoms with Crippen molar-refractivity contribution in [2.45, 2.75) is 4.90 Å². The summed E-state index contributed by atoms with van der Waals surface area (Å²) in [6.45, 7) is 0. The van der Waals surface area contributed by atoms with Gasteiger partial charge in [-0.15, -0.1) is 0 Å². The molecule has 0 fully saturated rings. The van der Waals surface area contributed by atoms with E-state index >= 15 is 0 Å². The molecule has 18 heavy (non-hydrogen) atoms. The number of Topliss-reactive ketones (excluding diaryl/α,β-unsaturated/α-hetero) is 1. The summed E-state index contributed by atoms with van der Waals surface area (Å²) in [6, 6.07) is 2.62. The van der Waals surface area contributed by atoms with Gasteiger partial charge in [-0.25, -0.2) is 9.59 Å². The minimum Gasteiger partial charge on any atom is -0.478 e. The number of aliphatic carboxylic acids is 1. The number of carbonyl (C=O) groups excluding carboxylic acids is 1. The van der Waals surface area contributed by atoms with Gasteiger partial charge in [0.25, 0.3) is 15.9 Å². The maximum atomic E-state index is 11.2. The average Bonchev–Trinajstić information content (AvgIpc) is 2.25. The summed E-state index contributed by atoms with van der Waals surface area (Å²) >= 11 is 0.